The van der Waals surface area contributed by atoms with Crippen LogP contribution in [0.2, 0.25) is 0 Å². The summed E-state index contributed by atoms with van der Waals surface area (Å²) in [5.74, 6) is 2.35. The third kappa shape index (κ3) is 5.56. The van der Waals surface area contributed by atoms with E-state index in [9.17, 15) is 9.59 Å². The fourth-order valence-corrected chi connectivity index (χ4v) is 4.91. The van der Waals surface area contributed by atoms with E-state index in [-0.39, 0.29) is 23.9 Å². The highest BCUT2D eigenvalue weighted by Crippen LogP contribution is 2.31. The predicted molar refractivity (Wildman–Crippen MR) is 110 cm³/mol. The number of amides is 1. The van der Waals surface area contributed by atoms with Gasteiger partial charge in [0.15, 0.2) is 6.61 Å². The maximum Gasteiger partial charge on any atom is 0.264 e. The minimum Gasteiger partial charge on any atom is -0.477 e. The van der Waals surface area contributed by atoms with Crippen LogP contribution < -0.4 is 15.5 Å². The molecule has 2 aliphatic heterocycles. The van der Waals surface area contributed by atoms with Crippen LogP contribution >= 0.6 is 23.1 Å². The van der Waals surface area contributed by atoms with Crippen molar-refractivity contribution in [2.75, 3.05) is 43.1 Å². The molecule has 156 valence electrons. The maximum atomic E-state index is 12.2. The van der Waals surface area contributed by atoms with E-state index in [4.69, 9.17) is 13.9 Å². The average Bonchev–Trinajstić information content (AvgIpc) is 3.40. The molecule has 29 heavy (non-hydrogen) atoms. The van der Waals surface area contributed by atoms with Gasteiger partial charge in [-0.2, -0.15) is 11.8 Å². The molecule has 2 saturated heterocycles. The highest BCUT2D eigenvalue weighted by atomic mass is 32.2. The summed E-state index contributed by atoms with van der Waals surface area (Å²) in [6.07, 6.45) is 3.14. The molecule has 2 fully saturated rings. The Bertz CT molecular complexity index is 890. The molecule has 1 amide bonds. The van der Waals surface area contributed by atoms with E-state index in [2.05, 4.69) is 20.4 Å². The Morgan fingerprint density at radius 1 is 1.34 bits per heavy atom. The Kier molecular flexibility index (Phi) is 6.80. The van der Waals surface area contributed by atoms with Gasteiger partial charge in [0, 0.05) is 37.3 Å². The fraction of sp³-hybridized carbons (Fsp3) is 0.556. The number of hydrogen-bond donors (Lipinski definition) is 1. The van der Waals surface area contributed by atoms with Crippen LogP contribution in [0.3, 0.4) is 0 Å². The first-order valence-corrected chi connectivity index (χ1v) is 11.4. The summed E-state index contributed by atoms with van der Waals surface area (Å²) in [5, 5.41) is 11.8. The van der Waals surface area contributed by atoms with Crippen molar-refractivity contribution in [3.8, 4) is 5.75 Å². The zero-order valence-corrected chi connectivity index (χ0v) is 17.4. The molecular formula is C18H22N4O5S2. The largest absolute Gasteiger partial charge is 0.477 e. The van der Waals surface area contributed by atoms with E-state index in [0.717, 1.165) is 49.1 Å². The number of nitrogens with zero attached hydrogens (tertiary/aromatic N) is 3. The van der Waals surface area contributed by atoms with Crippen molar-refractivity contribution in [2.45, 2.75) is 25.5 Å². The molecule has 11 heteroatoms. The van der Waals surface area contributed by atoms with Crippen molar-refractivity contribution in [1.29, 1.82) is 0 Å². The fourth-order valence-electron chi connectivity index (χ4n) is 3.09. The van der Waals surface area contributed by atoms with E-state index in [1.54, 1.807) is 0 Å². The van der Waals surface area contributed by atoms with E-state index < -0.39 is 5.91 Å². The molecule has 9 nitrogen and oxygen atoms in total. The average molecular weight is 439 g/mol. The number of carbonyl (C=O) groups is 1. The zero-order valence-electron chi connectivity index (χ0n) is 15.8. The zero-order chi connectivity index (χ0) is 20.1. The van der Waals surface area contributed by atoms with Gasteiger partial charge in [0.2, 0.25) is 16.3 Å². The van der Waals surface area contributed by atoms with Gasteiger partial charge >= 0.3 is 0 Å². The normalized spacial score (nSPS) is 19.9. The standard InChI is InChI=1S/C18H22N4O5S2/c23-13-8-12(9-22-3-6-28-7-4-22)26-10-15(13)27-11-16(24)19-18-21-20-17(29-18)14-2-1-5-25-14/h8,10,14H,1-7,9,11H2,(H,19,21,24). The molecule has 2 aliphatic rings. The molecule has 0 saturated carbocycles. The molecule has 0 aromatic carbocycles. The maximum absolute atomic E-state index is 12.2. The highest BCUT2D eigenvalue weighted by Gasteiger charge is 2.22. The van der Waals surface area contributed by atoms with Crippen molar-refractivity contribution in [1.82, 2.24) is 15.1 Å². The molecular weight excluding hydrogens is 416 g/mol. The van der Waals surface area contributed by atoms with Crippen LogP contribution in [0.15, 0.2) is 21.5 Å². The smallest absolute Gasteiger partial charge is 0.264 e. The van der Waals surface area contributed by atoms with Gasteiger partial charge in [0.05, 0.1) is 6.54 Å². The minimum absolute atomic E-state index is 0.00964. The molecule has 1 unspecified atom stereocenters. The third-order valence-corrected chi connectivity index (χ3v) is 6.46. The van der Waals surface area contributed by atoms with Gasteiger partial charge in [-0.05, 0) is 12.8 Å². The summed E-state index contributed by atoms with van der Waals surface area (Å²) >= 11 is 3.21. The van der Waals surface area contributed by atoms with Gasteiger partial charge < -0.3 is 13.9 Å². The van der Waals surface area contributed by atoms with Crippen LogP contribution in [-0.4, -0.2) is 58.8 Å². The second-order valence-corrected chi connectivity index (χ2v) is 8.98. The molecule has 0 aliphatic carbocycles. The van der Waals surface area contributed by atoms with Crippen molar-refractivity contribution >= 4 is 34.1 Å². The Morgan fingerprint density at radius 2 is 2.21 bits per heavy atom. The summed E-state index contributed by atoms with van der Waals surface area (Å²) in [7, 11) is 0. The van der Waals surface area contributed by atoms with Gasteiger partial charge in [-0.25, -0.2) is 0 Å². The molecule has 0 bridgehead atoms. The topological polar surface area (TPSA) is 107 Å². The van der Waals surface area contributed by atoms with E-state index >= 15 is 0 Å². The summed E-state index contributed by atoms with van der Waals surface area (Å²) < 4.78 is 16.4. The SMILES string of the molecule is O=C(COc1coc(CN2CCSCC2)cc1=O)Nc1nnc(C2CCCO2)s1. The van der Waals surface area contributed by atoms with Gasteiger partial charge in [0.25, 0.3) is 5.91 Å². The van der Waals surface area contributed by atoms with Crippen LogP contribution in [0, 0.1) is 0 Å². The second kappa shape index (κ2) is 9.70. The number of nitrogens with one attached hydrogen (secondary N) is 1. The number of carbonyl (C=O) groups excluding carboxylic acids is 1. The summed E-state index contributed by atoms with van der Waals surface area (Å²) in [6, 6.07) is 1.42. The third-order valence-electron chi connectivity index (χ3n) is 4.59. The van der Waals surface area contributed by atoms with Crippen LogP contribution in [0.25, 0.3) is 0 Å². The van der Waals surface area contributed by atoms with Crippen molar-refractivity contribution in [3.05, 3.63) is 33.3 Å². The first-order valence-electron chi connectivity index (χ1n) is 9.47. The van der Waals surface area contributed by atoms with Gasteiger partial charge in [0.1, 0.15) is 23.1 Å². The first kappa shape index (κ1) is 20.3. The number of rotatable bonds is 7. The molecule has 1 atom stereocenters. The van der Waals surface area contributed by atoms with Crippen LogP contribution in [0.1, 0.15) is 29.7 Å². The monoisotopic (exact) mass is 438 g/mol. The lowest BCUT2D eigenvalue weighted by Gasteiger charge is -2.25. The first-order chi connectivity index (χ1) is 14.2. The second-order valence-electron chi connectivity index (χ2n) is 6.75. The van der Waals surface area contributed by atoms with Crippen molar-refractivity contribution in [3.63, 3.8) is 0 Å². The van der Waals surface area contributed by atoms with Crippen LogP contribution in [-0.2, 0) is 16.1 Å². The highest BCUT2D eigenvalue weighted by molar-refractivity contribution is 7.99. The Morgan fingerprint density at radius 3 is 2.97 bits per heavy atom. The summed E-state index contributed by atoms with van der Waals surface area (Å²) in [5.41, 5.74) is -0.304. The Hall–Kier alpha value is -1.95. The number of thioether (sulfide) groups is 1. The molecule has 4 rings (SSSR count). The lowest BCUT2D eigenvalue weighted by atomic mass is 10.2. The van der Waals surface area contributed by atoms with Gasteiger partial charge in [-0.3, -0.25) is 19.8 Å². The van der Waals surface area contributed by atoms with Crippen LogP contribution in [0.4, 0.5) is 5.13 Å². The van der Waals surface area contributed by atoms with E-state index in [0.29, 0.717) is 17.4 Å². The molecule has 4 heterocycles. The minimum atomic E-state index is -0.422. The summed E-state index contributed by atoms with van der Waals surface area (Å²) in [6.45, 7) is 2.96. The van der Waals surface area contributed by atoms with Gasteiger partial charge in [-0.15, -0.1) is 10.2 Å². The lowest BCUT2D eigenvalue weighted by molar-refractivity contribution is -0.118. The molecule has 2 aromatic heterocycles. The summed E-state index contributed by atoms with van der Waals surface area (Å²) in [4.78, 5) is 26.6. The Labute approximate surface area is 175 Å². The van der Waals surface area contributed by atoms with Gasteiger partial charge in [-0.1, -0.05) is 11.3 Å². The Balaban J connectivity index is 1.27. The number of anilines is 1. The van der Waals surface area contributed by atoms with E-state index in [1.165, 1.54) is 23.7 Å². The number of hydrogen-bond acceptors (Lipinski definition) is 10. The van der Waals surface area contributed by atoms with Crippen molar-refractivity contribution < 1.29 is 18.7 Å². The quantitative estimate of drug-likeness (QED) is 0.693. The number of aromatic nitrogens is 2. The van der Waals surface area contributed by atoms with Crippen LogP contribution in [0.5, 0.6) is 5.75 Å². The predicted octanol–water partition coefficient (Wildman–Crippen LogP) is 1.91. The van der Waals surface area contributed by atoms with E-state index in [1.807, 2.05) is 11.8 Å². The lowest BCUT2D eigenvalue weighted by Crippen LogP contribution is -2.32. The number of ether oxygens (including phenoxy) is 2. The molecule has 0 spiro atoms. The molecule has 1 N–H and O–H groups in total. The molecule has 2 aromatic rings. The molecule has 0 radical (unpaired) electrons. The van der Waals surface area contributed by atoms with Crippen molar-refractivity contribution in [2.24, 2.45) is 0 Å².